The second-order valence-corrected chi connectivity index (χ2v) is 6.67. The van der Waals surface area contributed by atoms with Crippen molar-refractivity contribution in [3.63, 3.8) is 0 Å². The fourth-order valence-electron chi connectivity index (χ4n) is 2.81. The standard InChI is InChI=1S/C18H29NO2/c1-13(2)16-7-5-15(6-8-16)11-17(20)18-12-19(14(3)4)9-10-21-18/h5-8,13-14,17-18,20H,9-12H2,1-4H3. The van der Waals surface area contributed by atoms with Crippen LogP contribution in [0.4, 0.5) is 0 Å². The zero-order valence-electron chi connectivity index (χ0n) is 13.7. The van der Waals surface area contributed by atoms with Crippen molar-refractivity contribution >= 4 is 0 Å². The van der Waals surface area contributed by atoms with E-state index in [0.717, 1.165) is 13.1 Å². The van der Waals surface area contributed by atoms with E-state index in [4.69, 9.17) is 4.74 Å². The minimum Gasteiger partial charge on any atom is -0.390 e. The van der Waals surface area contributed by atoms with Crippen molar-refractivity contribution in [3.05, 3.63) is 35.4 Å². The van der Waals surface area contributed by atoms with Crippen LogP contribution in [0.5, 0.6) is 0 Å². The molecule has 0 saturated carbocycles. The summed E-state index contributed by atoms with van der Waals surface area (Å²) in [6.45, 7) is 11.3. The molecule has 0 spiro atoms. The van der Waals surface area contributed by atoms with Crippen LogP contribution >= 0.6 is 0 Å². The Labute approximate surface area is 128 Å². The minimum atomic E-state index is -0.434. The number of morpholine rings is 1. The first-order valence-corrected chi connectivity index (χ1v) is 8.10. The Morgan fingerprint density at radius 3 is 2.43 bits per heavy atom. The minimum absolute atomic E-state index is 0.0778. The molecule has 1 heterocycles. The molecule has 3 nitrogen and oxygen atoms in total. The van der Waals surface area contributed by atoms with Gasteiger partial charge in [0.15, 0.2) is 0 Å². The lowest BCUT2D eigenvalue weighted by Crippen LogP contribution is -2.50. The quantitative estimate of drug-likeness (QED) is 0.905. The molecular formula is C18H29NO2. The molecule has 0 bridgehead atoms. The Morgan fingerprint density at radius 2 is 1.86 bits per heavy atom. The largest absolute Gasteiger partial charge is 0.390 e. The Bertz CT molecular complexity index is 427. The van der Waals surface area contributed by atoms with Gasteiger partial charge in [0.2, 0.25) is 0 Å². The van der Waals surface area contributed by atoms with E-state index in [1.54, 1.807) is 0 Å². The average molecular weight is 291 g/mol. The Balaban J connectivity index is 1.92. The van der Waals surface area contributed by atoms with Crippen LogP contribution in [0.3, 0.4) is 0 Å². The molecule has 2 atom stereocenters. The molecule has 1 aromatic rings. The lowest BCUT2D eigenvalue weighted by Gasteiger charge is -2.37. The van der Waals surface area contributed by atoms with Crippen LogP contribution in [0.15, 0.2) is 24.3 Å². The number of hydrogen-bond acceptors (Lipinski definition) is 3. The first-order chi connectivity index (χ1) is 9.97. The molecule has 2 unspecified atom stereocenters. The predicted octanol–water partition coefficient (Wildman–Crippen LogP) is 2.82. The molecule has 0 amide bonds. The average Bonchev–Trinajstić information content (AvgIpc) is 2.48. The van der Waals surface area contributed by atoms with Crippen molar-refractivity contribution < 1.29 is 9.84 Å². The molecule has 1 fully saturated rings. The van der Waals surface area contributed by atoms with Gasteiger partial charge in [-0.15, -0.1) is 0 Å². The number of aliphatic hydroxyl groups is 1. The molecule has 1 aliphatic rings. The van der Waals surface area contributed by atoms with Gasteiger partial charge in [-0.3, -0.25) is 4.90 Å². The molecule has 1 saturated heterocycles. The highest BCUT2D eigenvalue weighted by molar-refractivity contribution is 5.25. The van der Waals surface area contributed by atoms with Gasteiger partial charge in [-0.2, -0.15) is 0 Å². The first kappa shape index (κ1) is 16.5. The molecular weight excluding hydrogens is 262 g/mol. The third kappa shape index (κ3) is 4.53. The predicted molar refractivity (Wildman–Crippen MR) is 86.7 cm³/mol. The molecule has 21 heavy (non-hydrogen) atoms. The third-order valence-electron chi connectivity index (χ3n) is 4.38. The summed E-state index contributed by atoms with van der Waals surface area (Å²) in [5.41, 5.74) is 2.52. The number of benzene rings is 1. The van der Waals surface area contributed by atoms with Crippen molar-refractivity contribution in [1.29, 1.82) is 0 Å². The van der Waals surface area contributed by atoms with E-state index in [9.17, 15) is 5.11 Å². The molecule has 1 N–H and O–H groups in total. The lowest BCUT2D eigenvalue weighted by atomic mass is 9.98. The number of aliphatic hydroxyl groups excluding tert-OH is 1. The molecule has 0 aliphatic carbocycles. The van der Waals surface area contributed by atoms with E-state index in [2.05, 4.69) is 56.9 Å². The molecule has 2 rings (SSSR count). The van der Waals surface area contributed by atoms with E-state index in [1.165, 1.54) is 11.1 Å². The highest BCUT2D eigenvalue weighted by atomic mass is 16.5. The number of ether oxygens (including phenoxy) is 1. The fourth-order valence-corrected chi connectivity index (χ4v) is 2.81. The van der Waals surface area contributed by atoms with Crippen molar-refractivity contribution in [2.24, 2.45) is 0 Å². The molecule has 1 aromatic carbocycles. The molecule has 0 radical (unpaired) electrons. The summed E-state index contributed by atoms with van der Waals surface area (Å²) < 4.78 is 5.76. The van der Waals surface area contributed by atoms with Crippen molar-refractivity contribution in [3.8, 4) is 0 Å². The summed E-state index contributed by atoms with van der Waals surface area (Å²) in [4.78, 5) is 2.37. The van der Waals surface area contributed by atoms with Crippen LogP contribution in [0.1, 0.15) is 44.7 Å². The maximum Gasteiger partial charge on any atom is 0.0964 e. The van der Waals surface area contributed by atoms with Gasteiger partial charge in [-0.1, -0.05) is 38.1 Å². The van der Waals surface area contributed by atoms with E-state index in [0.29, 0.717) is 25.0 Å². The summed E-state index contributed by atoms with van der Waals surface area (Å²) in [7, 11) is 0. The van der Waals surface area contributed by atoms with Crippen LogP contribution in [0.2, 0.25) is 0 Å². The zero-order valence-corrected chi connectivity index (χ0v) is 13.7. The second kappa shape index (κ2) is 7.39. The van der Waals surface area contributed by atoms with Gasteiger partial charge in [0.05, 0.1) is 18.8 Å². The van der Waals surface area contributed by atoms with Gasteiger partial charge >= 0.3 is 0 Å². The highest BCUT2D eigenvalue weighted by Gasteiger charge is 2.27. The van der Waals surface area contributed by atoms with E-state index >= 15 is 0 Å². The molecule has 3 heteroatoms. The maximum absolute atomic E-state index is 10.5. The van der Waals surface area contributed by atoms with Crippen LogP contribution in [0.25, 0.3) is 0 Å². The monoisotopic (exact) mass is 291 g/mol. The summed E-state index contributed by atoms with van der Waals surface area (Å²) in [6, 6.07) is 9.08. The summed E-state index contributed by atoms with van der Waals surface area (Å²) in [5.74, 6) is 0.547. The first-order valence-electron chi connectivity index (χ1n) is 8.10. The molecule has 1 aliphatic heterocycles. The lowest BCUT2D eigenvalue weighted by molar-refractivity contribution is -0.0940. The summed E-state index contributed by atoms with van der Waals surface area (Å²) in [6.07, 6.45) is 0.150. The Morgan fingerprint density at radius 1 is 1.19 bits per heavy atom. The maximum atomic E-state index is 10.5. The zero-order chi connectivity index (χ0) is 15.4. The van der Waals surface area contributed by atoms with Crippen molar-refractivity contribution in [1.82, 2.24) is 4.90 Å². The van der Waals surface area contributed by atoms with E-state index in [1.807, 2.05) is 0 Å². The van der Waals surface area contributed by atoms with Gasteiger partial charge in [0.25, 0.3) is 0 Å². The van der Waals surface area contributed by atoms with Crippen LogP contribution < -0.4 is 0 Å². The van der Waals surface area contributed by atoms with Crippen molar-refractivity contribution in [2.45, 2.75) is 58.3 Å². The number of rotatable bonds is 5. The van der Waals surface area contributed by atoms with Crippen LogP contribution in [0, 0.1) is 0 Å². The van der Waals surface area contributed by atoms with Crippen LogP contribution in [-0.4, -0.2) is 48.0 Å². The van der Waals surface area contributed by atoms with Gasteiger partial charge in [-0.05, 0) is 30.9 Å². The molecule has 118 valence electrons. The normalized spacial score (nSPS) is 22.0. The fraction of sp³-hybridized carbons (Fsp3) is 0.667. The SMILES string of the molecule is CC(C)c1ccc(CC(O)C2CN(C(C)C)CCO2)cc1. The highest BCUT2D eigenvalue weighted by Crippen LogP contribution is 2.18. The van der Waals surface area contributed by atoms with Crippen LogP contribution in [-0.2, 0) is 11.2 Å². The Hall–Kier alpha value is -0.900. The topological polar surface area (TPSA) is 32.7 Å². The number of nitrogens with zero attached hydrogens (tertiary/aromatic N) is 1. The third-order valence-corrected chi connectivity index (χ3v) is 4.38. The summed E-state index contributed by atoms with van der Waals surface area (Å²) >= 11 is 0. The number of hydrogen-bond donors (Lipinski definition) is 1. The van der Waals surface area contributed by atoms with Gasteiger partial charge in [0.1, 0.15) is 0 Å². The smallest absolute Gasteiger partial charge is 0.0964 e. The molecule has 0 aromatic heterocycles. The summed E-state index contributed by atoms with van der Waals surface area (Å²) in [5, 5.41) is 10.5. The van der Waals surface area contributed by atoms with Crippen molar-refractivity contribution in [2.75, 3.05) is 19.7 Å². The van der Waals surface area contributed by atoms with Gasteiger partial charge in [0, 0.05) is 25.6 Å². The van der Waals surface area contributed by atoms with E-state index < -0.39 is 6.10 Å². The van der Waals surface area contributed by atoms with E-state index in [-0.39, 0.29) is 6.10 Å². The second-order valence-electron chi connectivity index (χ2n) is 6.67. The Kier molecular flexibility index (Phi) is 5.80. The van der Waals surface area contributed by atoms with Gasteiger partial charge in [-0.25, -0.2) is 0 Å². The van der Waals surface area contributed by atoms with Gasteiger partial charge < -0.3 is 9.84 Å².